The van der Waals surface area contributed by atoms with Crippen LogP contribution in [-0.2, 0) is 4.79 Å². The Hall–Kier alpha value is -0.570. The van der Waals surface area contributed by atoms with Gasteiger partial charge in [0.1, 0.15) is 0 Å². The fraction of sp³-hybridized carbons (Fsp3) is 0.923. The predicted molar refractivity (Wildman–Crippen MR) is 65.2 cm³/mol. The Bertz CT molecular complexity index is 236. The lowest BCUT2D eigenvalue weighted by atomic mass is 9.95. The molecule has 0 bridgehead atoms. The summed E-state index contributed by atoms with van der Waals surface area (Å²) < 4.78 is 0. The standard InChI is InChI=1S/C13H24N2O/c1-15-8-4-5-11(10-15)9-13(16)14-12-6-2-3-7-12/h11-12H,2-10H2,1H3,(H,14,16). The highest BCUT2D eigenvalue weighted by Gasteiger charge is 2.22. The van der Waals surface area contributed by atoms with E-state index in [2.05, 4.69) is 17.3 Å². The minimum atomic E-state index is 0.284. The van der Waals surface area contributed by atoms with Crippen LogP contribution >= 0.6 is 0 Å². The van der Waals surface area contributed by atoms with E-state index >= 15 is 0 Å². The maximum atomic E-state index is 11.8. The summed E-state index contributed by atoms with van der Waals surface area (Å²) in [7, 11) is 2.15. The number of hydrogen-bond donors (Lipinski definition) is 1. The van der Waals surface area contributed by atoms with Crippen LogP contribution in [0.1, 0.15) is 44.9 Å². The van der Waals surface area contributed by atoms with E-state index in [0.717, 1.165) is 13.0 Å². The summed E-state index contributed by atoms with van der Waals surface area (Å²) in [6.07, 6.45) is 8.17. The van der Waals surface area contributed by atoms with Crippen LogP contribution in [0, 0.1) is 5.92 Å². The summed E-state index contributed by atoms with van der Waals surface area (Å²) in [6.45, 7) is 2.29. The highest BCUT2D eigenvalue weighted by Crippen LogP contribution is 2.20. The van der Waals surface area contributed by atoms with Gasteiger partial charge in [0, 0.05) is 19.0 Å². The predicted octanol–water partition coefficient (Wildman–Crippen LogP) is 1.78. The molecule has 1 amide bonds. The van der Waals surface area contributed by atoms with Gasteiger partial charge in [-0.3, -0.25) is 4.79 Å². The quantitative estimate of drug-likeness (QED) is 0.792. The van der Waals surface area contributed by atoms with Gasteiger partial charge in [0.05, 0.1) is 0 Å². The summed E-state index contributed by atoms with van der Waals surface area (Å²) in [5, 5.41) is 3.18. The van der Waals surface area contributed by atoms with E-state index in [1.54, 1.807) is 0 Å². The first kappa shape index (κ1) is 11.9. The van der Waals surface area contributed by atoms with Crippen molar-refractivity contribution in [1.82, 2.24) is 10.2 Å². The Morgan fingerprint density at radius 2 is 2.00 bits per heavy atom. The molecule has 1 atom stereocenters. The van der Waals surface area contributed by atoms with Gasteiger partial charge in [-0.1, -0.05) is 12.8 Å². The lowest BCUT2D eigenvalue weighted by Crippen LogP contribution is -2.38. The summed E-state index contributed by atoms with van der Waals surface area (Å²) >= 11 is 0. The summed E-state index contributed by atoms with van der Waals surface area (Å²) in [5.74, 6) is 0.868. The number of likely N-dealkylation sites (tertiary alicyclic amines) is 1. The maximum absolute atomic E-state index is 11.8. The number of nitrogens with one attached hydrogen (secondary N) is 1. The first-order valence-corrected chi connectivity index (χ1v) is 6.72. The van der Waals surface area contributed by atoms with Crippen LogP contribution in [0.3, 0.4) is 0 Å². The SMILES string of the molecule is CN1CCCC(CC(=O)NC2CCCC2)C1. The molecule has 92 valence electrons. The zero-order valence-corrected chi connectivity index (χ0v) is 10.4. The van der Waals surface area contributed by atoms with Crippen molar-refractivity contribution in [2.75, 3.05) is 20.1 Å². The molecule has 1 aliphatic heterocycles. The summed E-state index contributed by atoms with van der Waals surface area (Å²) in [6, 6.07) is 0.480. The first-order valence-electron chi connectivity index (χ1n) is 6.72. The highest BCUT2D eigenvalue weighted by atomic mass is 16.1. The third-order valence-electron chi connectivity index (χ3n) is 3.92. The highest BCUT2D eigenvalue weighted by molar-refractivity contribution is 5.76. The minimum Gasteiger partial charge on any atom is -0.353 e. The van der Waals surface area contributed by atoms with Crippen molar-refractivity contribution in [2.24, 2.45) is 5.92 Å². The molecular formula is C13H24N2O. The van der Waals surface area contributed by atoms with E-state index in [1.807, 2.05) is 0 Å². The van der Waals surface area contributed by atoms with Crippen LogP contribution < -0.4 is 5.32 Å². The molecule has 1 aliphatic carbocycles. The monoisotopic (exact) mass is 224 g/mol. The van der Waals surface area contributed by atoms with Crippen LogP contribution in [0.15, 0.2) is 0 Å². The second-order valence-corrected chi connectivity index (χ2v) is 5.52. The summed E-state index contributed by atoms with van der Waals surface area (Å²) in [4.78, 5) is 14.2. The smallest absolute Gasteiger partial charge is 0.220 e. The Morgan fingerprint density at radius 1 is 1.25 bits per heavy atom. The molecule has 1 saturated heterocycles. The second kappa shape index (κ2) is 5.67. The number of carbonyl (C=O) groups excluding carboxylic acids is 1. The van der Waals surface area contributed by atoms with Gasteiger partial charge in [-0.25, -0.2) is 0 Å². The fourth-order valence-electron chi connectivity index (χ4n) is 3.06. The van der Waals surface area contributed by atoms with Gasteiger partial charge in [-0.05, 0) is 45.2 Å². The third-order valence-corrected chi connectivity index (χ3v) is 3.92. The van der Waals surface area contributed by atoms with Crippen molar-refractivity contribution < 1.29 is 4.79 Å². The number of hydrogen-bond acceptors (Lipinski definition) is 2. The van der Waals surface area contributed by atoms with Crippen molar-refractivity contribution in [3.8, 4) is 0 Å². The molecule has 3 nitrogen and oxygen atoms in total. The molecule has 0 aromatic heterocycles. The van der Waals surface area contributed by atoms with Crippen molar-refractivity contribution in [3.63, 3.8) is 0 Å². The van der Waals surface area contributed by atoms with E-state index in [-0.39, 0.29) is 5.91 Å². The van der Waals surface area contributed by atoms with Crippen molar-refractivity contribution in [3.05, 3.63) is 0 Å². The van der Waals surface area contributed by atoms with E-state index in [1.165, 1.54) is 45.1 Å². The van der Waals surface area contributed by atoms with Crippen molar-refractivity contribution >= 4 is 5.91 Å². The van der Waals surface area contributed by atoms with Gasteiger partial charge in [0.25, 0.3) is 0 Å². The first-order chi connectivity index (χ1) is 7.74. The van der Waals surface area contributed by atoms with Gasteiger partial charge >= 0.3 is 0 Å². The molecule has 0 aromatic rings. The lowest BCUT2D eigenvalue weighted by molar-refractivity contribution is -0.123. The molecule has 16 heavy (non-hydrogen) atoms. The molecule has 3 heteroatoms. The Balaban J connectivity index is 1.69. The van der Waals surface area contributed by atoms with E-state index < -0.39 is 0 Å². The molecule has 1 saturated carbocycles. The van der Waals surface area contributed by atoms with Crippen LogP contribution in [-0.4, -0.2) is 37.0 Å². The third kappa shape index (κ3) is 3.48. The van der Waals surface area contributed by atoms with E-state index in [0.29, 0.717) is 12.0 Å². The largest absolute Gasteiger partial charge is 0.353 e. The molecule has 2 fully saturated rings. The van der Waals surface area contributed by atoms with Gasteiger partial charge in [0.15, 0.2) is 0 Å². The van der Waals surface area contributed by atoms with Gasteiger partial charge < -0.3 is 10.2 Å². The topological polar surface area (TPSA) is 32.3 Å². The molecule has 0 radical (unpaired) electrons. The Labute approximate surface area is 98.6 Å². The normalized spacial score (nSPS) is 28.2. The van der Waals surface area contributed by atoms with Crippen LogP contribution in [0.25, 0.3) is 0 Å². The van der Waals surface area contributed by atoms with Crippen LogP contribution in [0.4, 0.5) is 0 Å². The molecule has 1 unspecified atom stereocenters. The molecule has 1 N–H and O–H groups in total. The molecule has 2 rings (SSSR count). The van der Waals surface area contributed by atoms with Crippen molar-refractivity contribution in [1.29, 1.82) is 0 Å². The van der Waals surface area contributed by atoms with Gasteiger partial charge in [-0.15, -0.1) is 0 Å². The zero-order valence-electron chi connectivity index (χ0n) is 10.4. The van der Waals surface area contributed by atoms with Crippen LogP contribution in [0.5, 0.6) is 0 Å². The molecular weight excluding hydrogens is 200 g/mol. The lowest BCUT2D eigenvalue weighted by Gasteiger charge is -2.29. The average molecular weight is 224 g/mol. The maximum Gasteiger partial charge on any atom is 0.220 e. The number of amides is 1. The van der Waals surface area contributed by atoms with Crippen molar-refractivity contribution in [2.45, 2.75) is 51.0 Å². The molecule has 2 aliphatic rings. The summed E-state index contributed by atoms with van der Waals surface area (Å²) in [5.41, 5.74) is 0. The van der Waals surface area contributed by atoms with E-state index in [9.17, 15) is 4.79 Å². The number of piperidine rings is 1. The van der Waals surface area contributed by atoms with Gasteiger partial charge in [0.2, 0.25) is 5.91 Å². The minimum absolute atomic E-state index is 0.284. The van der Waals surface area contributed by atoms with Gasteiger partial charge in [-0.2, -0.15) is 0 Å². The molecule has 1 heterocycles. The molecule has 0 spiro atoms. The number of carbonyl (C=O) groups is 1. The zero-order chi connectivity index (χ0) is 11.4. The van der Waals surface area contributed by atoms with E-state index in [4.69, 9.17) is 0 Å². The number of nitrogens with zero attached hydrogens (tertiary/aromatic N) is 1. The fourth-order valence-corrected chi connectivity index (χ4v) is 3.06. The average Bonchev–Trinajstić information content (AvgIpc) is 2.70. The number of rotatable bonds is 3. The van der Waals surface area contributed by atoms with Crippen LogP contribution in [0.2, 0.25) is 0 Å². The Morgan fingerprint density at radius 3 is 2.69 bits per heavy atom. The second-order valence-electron chi connectivity index (χ2n) is 5.52. The molecule has 0 aromatic carbocycles. The Kier molecular flexibility index (Phi) is 4.22.